The van der Waals surface area contributed by atoms with Crippen molar-refractivity contribution in [3.63, 3.8) is 0 Å². The van der Waals surface area contributed by atoms with Gasteiger partial charge in [0.15, 0.2) is 4.90 Å². The second-order valence-corrected chi connectivity index (χ2v) is 6.45. The molecule has 0 atom stereocenters. The van der Waals surface area contributed by atoms with Gasteiger partial charge < -0.3 is 0 Å². The van der Waals surface area contributed by atoms with E-state index in [1.807, 2.05) is 6.07 Å². The third-order valence-corrected chi connectivity index (χ3v) is 3.58. The van der Waals surface area contributed by atoms with Crippen molar-refractivity contribution in [2.24, 2.45) is 0 Å². The summed E-state index contributed by atoms with van der Waals surface area (Å²) in [6.07, 6.45) is 0. The molecule has 92 valence electrons. The molecule has 0 aliphatic rings. The Hall–Kier alpha value is -1.19. The molecule has 0 aliphatic carbocycles. The number of hydrogen-bond acceptors (Lipinski definition) is 3. The minimum absolute atomic E-state index is 0.0408. The molecule has 1 aromatic rings. The van der Waals surface area contributed by atoms with Crippen LogP contribution in [0.2, 0.25) is 0 Å². The van der Waals surface area contributed by atoms with Crippen LogP contribution in [0, 0.1) is 23.0 Å². The number of rotatable bonds is 2. The third-order valence-electron chi connectivity index (χ3n) is 2.24. The second-order valence-electron chi connectivity index (χ2n) is 3.94. The number of hydrogen-bond donors (Lipinski definition) is 0. The zero-order valence-electron chi connectivity index (χ0n) is 8.96. The maximum absolute atomic E-state index is 13.5. The lowest BCUT2D eigenvalue weighted by molar-refractivity contribution is 0.515. The van der Waals surface area contributed by atoms with Crippen LogP contribution in [-0.4, -0.2) is 8.42 Å². The van der Waals surface area contributed by atoms with Gasteiger partial charge in [-0.3, -0.25) is 0 Å². The molecule has 0 fully saturated rings. The number of nitriles is 1. The highest BCUT2D eigenvalue weighted by molar-refractivity contribution is 8.13. The van der Waals surface area contributed by atoms with Crippen molar-refractivity contribution in [2.45, 2.75) is 24.2 Å². The first-order valence-electron chi connectivity index (χ1n) is 4.45. The molecular weight excluding hydrogens is 272 g/mol. The molecule has 0 bridgehead atoms. The summed E-state index contributed by atoms with van der Waals surface area (Å²) in [5.74, 6) is -2.61. The van der Waals surface area contributed by atoms with Gasteiger partial charge in [-0.15, -0.1) is 0 Å². The average Bonchev–Trinajstić information content (AvgIpc) is 2.14. The Bertz CT molecular complexity index is 582. The van der Waals surface area contributed by atoms with Gasteiger partial charge in [0, 0.05) is 10.7 Å². The van der Waals surface area contributed by atoms with Crippen molar-refractivity contribution in [1.82, 2.24) is 0 Å². The summed E-state index contributed by atoms with van der Waals surface area (Å²) in [7, 11) is 0.403. The standard InChI is InChI=1S/C10H8ClF2NO2S/c1-10(2,5-14)6-3-7(12)9(8(13)4-6)17(11,15)16/h3-4H,1-2H3. The van der Waals surface area contributed by atoms with E-state index in [0.29, 0.717) is 0 Å². The highest BCUT2D eigenvalue weighted by atomic mass is 35.7. The van der Waals surface area contributed by atoms with Gasteiger partial charge in [0.25, 0.3) is 9.05 Å². The van der Waals surface area contributed by atoms with E-state index in [1.165, 1.54) is 13.8 Å². The second kappa shape index (κ2) is 4.24. The molecule has 1 rings (SSSR count). The van der Waals surface area contributed by atoms with Crippen LogP contribution in [0.3, 0.4) is 0 Å². The summed E-state index contributed by atoms with van der Waals surface area (Å²) in [5, 5.41) is 8.82. The SMILES string of the molecule is CC(C)(C#N)c1cc(F)c(S(=O)(=O)Cl)c(F)c1. The molecule has 0 heterocycles. The van der Waals surface area contributed by atoms with E-state index in [2.05, 4.69) is 0 Å². The lowest BCUT2D eigenvalue weighted by Gasteiger charge is -2.16. The molecule has 0 radical (unpaired) electrons. The zero-order valence-corrected chi connectivity index (χ0v) is 10.5. The van der Waals surface area contributed by atoms with E-state index in [4.69, 9.17) is 15.9 Å². The van der Waals surface area contributed by atoms with Crippen LogP contribution in [-0.2, 0) is 14.5 Å². The first kappa shape index (κ1) is 13.9. The summed E-state index contributed by atoms with van der Waals surface area (Å²) in [6.45, 7) is 2.91. The molecular formula is C10H8ClF2NO2S. The van der Waals surface area contributed by atoms with Gasteiger partial charge in [-0.2, -0.15) is 5.26 Å². The Labute approximate surface area is 102 Å². The molecule has 17 heavy (non-hydrogen) atoms. The predicted octanol–water partition coefficient (Wildman–Crippen LogP) is 2.69. The minimum atomic E-state index is -4.49. The largest absolute Gasteiger partial charge is 0.267 e. The Morgan fingerprint density at radius 2 is 1.71 bits per heavy atom. The van der Waals surface area contributed by atoms with Gasteiger partial charge in [0.2, 0.25) is 0 Å². The minimum Gasteiger partial charge on any atom is -0.207 e. The van der Waals surface area contributed by atoms with Gasteiger partial charge in [-0.05, 0) is 31.5 Å². The Balaban J connectivity index is 3.56. The van der Waals surface area contributed by atoms with Gasteiger partial charge in [-0.25, -0.2) is 17.2 Å². The summed E-state index contributed by atoms with van der Waals surface area (Å²) < 4.78 is 48.8. The summed E-state index contributed by atoms with van der Waals surface area (Å²) in [6, 6.07) is 3.44. The van der Waals surface area contributed by atoms with Crippen LogP contribution in [0.15, 0.2) is 17.0 Å². The summed E-state index contributed by atoms with van der Waals surface area (Å²) in [4.78, 5) is -1.20. The molecule has 0 saturated heterocycles. The highest BCUT2D eigenvalue weighted by Gasteiger charge is 2.27. The van der Waals surface area contributed by atoms with Crippen molar-refractivity contribution in [2.75, 3.05) is 0 Å². The Kier molecular flexibility index (Phi) is 3.46. The van der Waals surface area contributed by atoms with Crippen LogP contribution >= 0.6 is 10.7 Å². The lowest BCUT2D eigenvalue weighted by atomic mass is 9.86. The quantitative estimate of drug-likeness (QED) is 0.782. The summed E-state index contributed by atoms with van der Waals surface area (Å²) in [5.41, 5.74) is -1.09. The van der Waals surface area contributed by atoms with E-state index in [-0.39, 0.29) is 5.56 Å². The first-order chi connectivity index (χ1) is 7.59. The topological polar surface area (TPSA) is 57.9 Å². The molecule has 7 heteroatoms. The van der Waals surface area contributed by atoms with E-state index in [1.54, 1.807) is 0 Å². The van der Waals surface area contributed by atoms with Crippen molar-refractivity contribution in [1.29, 1.82) is 5.26 Å². The van der Waals surface area contributed by atoms with Gasteiger partial charge in [0.05, 0.1) is 11.5 Å². The fraction of sp³-hybridized carbons (Fsp3) is 0.300. The molecule has 0 saturated carbocycles. The van der Waals surface area contributed by atoms with Crippen molar-refractivity contribution < 1.29 is 17.2 Å². The molecule has 0 aromatic heterocycles. The highest BCUT2D eigenvalue weighted by Crippen LogP contribution is 2.29. The first-order valence-corrected chi connectivity index (χ1v) is 6.76. The van der Waals surface area contributed by atoms with Crippen molar-refractivity contribution in [3.05, 3.63) is 29.3 Å². The van der Waals surface area contributed by atoms with Gasteiger partial charge in [-0.1, -0.05) is 0 Å². The summed E-state index contributed by atoms with van der Waals surface area (Å²) >= 11 is 0. The van der Waals surface area contributed by atoms with E-state index in [9.17, 15) is 17.2 Å². The third kappa shape index (κ3) is 2.73. The smallest absolute Gasteiger partial charge is 0.207 e. The molecule has 0 unspecified atom stereocenters. The van der Waals surface area contributed by atoms with Gasteiger partial charge >= 0.3 is 0 Å². The molecule has 0 amide bonds. The van der Waals surface area contributed by atoms with Crippen LogP contribution in [0.5, 0.6) is 0 Å². The van der Waals surface area contributed by atoms with E-state index < -0.39 is 31.0 Å². The number of halogens is 3. The average molecular weight is 280 g/mol. The van der Waals surface area contributed by atoms with E-state index >= 15 is 0 Å². The molecule has 0 spiro atoms. The normalized spacial score (nSPS) is 12.2. The van der Waals surface area contributed by atoms with Crippen LogP contribution < -0.4 is 0 Å². The number of benzene rings is 1. The maximum Gasteiger partial charge on any atom is 0.267 e. The Morgan fingerprint density at radius 1 is 1.29 bits per heavy atom. The maximum atomic E-state index is 13.5. The van der Waals surface area contributed by atoms with Crippen molar-refractivity contribution >= 4 is 19.7 Å². The molecule has 0 N–H and O–H groups in total. The fourth-order valence-electron chi connectivity index (χ4n) is 1.22. The van der Waals surface area contributed by atoms with Gasteiger partial charge in [0.1, 0.15) is 11.6 Å². The van der Waals surface area contributed by atoms with E-state index in [0.717, 1.165) is 12.1 Å². The fourth-order valence-corrected chi connectivity index (χ4v) is 2.24. The molecule has 0 aliphatic heterocycles. The molecule has 3 nitrogen and oxygen atoms in total. The van der Waals surface area contributed by atoms with Crippen LogP contribution in [0.25, 0.3) is 0 Å². The zero-order chi connectivity index (χ0) is 13.4. The lowest BCUT2D eigenvalue weighted by Crippen LogP contribution is -2.15. The molecule has 1 aromatic carbocycles. The monoisotopic (exact) mass is 279 g/mol. The van der Waals surface area contributed by atoms with Crippen LogP contribution in [0.4, 0.5) is 8.78 Å². The van der Waals surface area contributed by atoms with Crippen LogP contribution in [0.1, 0.15) is 19.4 Å². The van der Waals surface area contributed by atoms with Crippen molar-refractivity contribution in [3.8, 4) is 6.07 Å². The predicted molar refractivity (Wildman–Crippen MR) is 58.0 cm³/mol. The Morgan fingerprint density at radius 3 is 2.00 bits per heavy atom. The number of nitrogens with zero attached hydrogens (tertiary/aromatic N) is 1.